The van der Waals surface area contributed by atoms with Gasteiger partial charge < -0.3 is 25.2 Å². The minimum Gasteiger partial charge on any atom is -0.480 e. The predicted octanol–water partition coefficient (Wildman–Crippen LogP) is 13.8. The van der Waals surface area contributed by atoms with E-state index in [4.69, 9.17) is 24.8 Å². The SMILES string of the molecule is CC/C=C\C/C=C\C/C=C\C/C=C\C/C=C\CCCCCC(=O)OC(COC(=O)CCCCCCCCCCC/C=C\C/C=C\CCCCCCC)COP(=O)(O)OCC(N)C(=O)O. The van der Waals surface area contributed by atoms with E-state index in [0.29, 0.717) is 12.8 Å². The van der Waals surface area contributed by atoms with Gasteiger partial charge in [-0.25, -0.2) is 4.57 Å². The highest BCUT2D eigenvalue weighted by Crippen LogP contribution is 2.43. The van der Waals surface area contributed by atoms with E-state index in [1.165, 1.54) is 70.6 Å². The molecule has 0 aromatic heterocycles. The first kappa shape index (κ1) is 60.7. The molecule has 3 unspecified atom stereocenters. The van der Waals surface area contributed by atoms with E-state index >= 15 is 0 Å². The fraction of sp³-hybridized carbons (Fsp3) is 0.673. The highest BCUT2D eigenvalue weighted by Gasteiger charge is 2.28. The normalized spacial score (nSPS) is 14.3. The van der Waals surface area contributed by atoms with Gasteiger partial charge in [-0.1, -0.05) is 176 Å². The lowest BCUT2D eigenvalue weighted by atomic mass is 10.1. The van der Waals surface area contributed by atoms with Crippen molar-refractivity contribution in [3.05, 3.63) is 85.1 Å². The van der Waals surface area contributed by atoms with Gasteiger partial charge in [-0.2, -0.15) is 0 Å². The predicted molar refractivity (Wildman–Crippen MR) is 263 cm³/mol. The zero-order chi connectivity index (χ0) is 47.0. The number of rotatable bonds is 45. The molecular formula is C52H88NO10P. The van der Waals surface area contributed by atoms with E-state index in [-0.39, 0.29) is 19.4 Å². The Labute approximate surface area is 388 Å². The van der Waals surface area contributed by atoms with Gasteiger partial charge in [0.2, 0.25) is 0 Å². The molecule has 0 amide bonds. The van der Waals surface area contributed by atoms with Gasteiger partial charge in [0.15, 0.2) is 6.10 Å². The number of carboxylic acids is 1. The van der Waals surface area contributed by atoms with Crippen LogP contribution in [0.25, 0.3) is 0 Å². The minimum atomic E-state index is -4.74. The smallest absolute Gasteiger partial charge is 0.472 e. The molecule has 0 aliphatic carbocycles. The Morgan fingerprint density at radius 2 is 0.875 bits per heavy atom. The molecule has 12 heteroatoms. The van der Waals surface area contributed by atoms with Crippen LogP contribution < -0.4 is 5.73 Å². The van der Waals surface area contributed by atoms with E-state index in [0.717, 1.165) is 83.5 Å². The van der Waals surface area contributed by atoms with Gasteiger partial charge in [-0.15, -0.1) is 0 Å². The van der Waals surface area contributed by atoms with E-state index in [9.17, 15) is 23.8 Å². The number of nitrogens with two attached hydrogens (primary N) is 1. The maximum absolute atomic E-state index is 12.7. The molecule has 0 aliphatic rings. The molecule has 0 bridgehead atoms. The maximum atomic E-state index is 12.7. The highest BCUT2D eigenvalue weighted by atomic mass is 31.2. The molecule has 0 saturated heterocycles. The van der Waals surface area contributed by atoms with Crippen LogP contribution in [0.2, 0.25) is 0 Å². The molecule has 64 heavy (non-hydrogen) atoms. The number of carboxylic acid groups (broad SMARTS) is 1. The second-order valence-corrected chi connectivity index (χ2v) is 17.7. The molecule has 0 fully saturated rings. The first-order valence-electron chi connectivity index (χ1n) is 24.6. The number of unbranched alkanes of at least 4 members (excludes halogenated alkanes) is 17. The lowest BCUT2D eigenvalue weighted by Crippen LogP contribution is -2.34. The summed E-state index contributed by atoms with van der Waals surface area (Å²) >= 11 is 0. The Balaban J connectivity index is 4.36. The van der Waals surface area contributed by atoms with Crippen molar-refractivity contribution >= 4 is 25.7 Å². The number of carbonyl (C=O) groups excluding carboxylic acids is 2. The molecule has 0 saturated carbocycles. The molecule has 0 heterocycles. The number of carbonyl (C=O) groups is 3. The third kappa shape index (κ3) is 45.2. The molecule has 0 aliphatic heterocycles. The summed E-state index contributed by atoms with van der Waals surface area (Å²) in [7, 11) is -4.74. The lowest BCUT2D eigenvalue weighted by Gasteiger charge is -2.20. The minimum absolute atomic E-state index is 0.117. The molecule has 0 aromatic rings. The largest absolute Gasteiger partial charge is 0.480 e. The summed E-state index contributed by atoms with van der Waals surface area (Å²) in [5.41, 5.74) is 5.35. The quantitative estimate of drug-likeness (QED) is 0.0230. The summed E-state index contributed by atoms with van der Waals surface area (Å²) in [5, 5.41) is 8.92. The molecule has 11 nitrogen and oxygen atoms in total. The van der Waals surface area contributed by atoms with Crippen molar-refractivity contribution in [2.75, 3.05) is 19.8 Å². The maximum Gasteiger partial charge on any atom is 0.472 e. The zero-order valence-corrected chi connectivity index (χ0v) is 40.7. The third-order valence-electron chi connectivity index (χ3n) is 10.1. The van der Waals surface area contributed by atoms with Gasteiger partial charge in [0, 0.05) is 12.8 Å². The number of allylic oxidation sites excluding steroid dienone is 14. The van der Waals surface area contributed by atoms with Crippen molar-refractivity contribution in [1.29, 1.82) is 0 Å². The van der Waals surface area contributed by atoms with E-state index in [1.54, 1.807) is 0 Å². The monoisotopic (exact) mass is 918 g/mol. The van der Waals surface area contributed by atoms with Crippen LogP contribution in [0.4, 0.5) is 0 Å². The summed E-state index contributed by atoms with van der Waals surface area (Å²) in [5.74, 6) is -2.43. The summed E-state index contributed by atoms with van der Waals surface area (Å²) in [6.07, 6.45) is 57.8. The first-order chi connectivity index (χ1) is 31.1. The Morgan fingerprint density at radius 1 is 0.500 bits per heavy atom. The van der Waals surface area contributed by atoms with Gasteiger partial charge >= 0.3 is 25.7 Å². The van der Waals surface area contributed by atoms with Gasteiger partial charge in [0.05, 0.1) is 13.2 Å². The van der Waals surface area contributed by atoms with Crippen molar-refractivity contribution in [2.45, 2.75) is 206 Å². The standard InChI is InChI=1S/C52H88NO10P/c1-3-5-7-9-11-13-15-17-19-21-23-24-26-27-29-31-33-35-37-39-41-43-50(54)60-45-48(46-61-64(58,59)62-47-49(53)52(56)57)63-51(55)44-42-40-38-36-34-32-30-28-25-22-20-18-16-14-12-10-8-6-4-2/h6,8,12,14-15,17-18,20-21,23,25,28,32,34,48-49H,3-5,7,9-11,13,16,19,22,24,26-27,29-31,33,35-47,53H2,1-2H3,(H,56,57)(H,58,59)/b8-6-,14-12-,17-15-,20-18-,23-21-,28-25-,34-32-. The van der Waals surface area contributed by atoms with Crippen LogP contribution in [0.5, 0.6) is 0 Å². The van der Waals surface area contributed by atoms with Crippen LogP contribution in [0.3, 0.4) is 0 Å². The van der Waals surface area contributed by atoms with Crippen LogP contribution in [0, 0.1) is 0 Å². The molecule has 0 rings (SSSR count). The summed E-state index contributed by atoms with van der Waals surface area (Å²) in [6.45, 7) is 2.65. The molecule has 3 atom stereocenters. The highest BCUT2D eigenvalue weighted by molar-refractivity contribution is 7.47. The number of phosphoric ester groups is 1. The molecular weight excluding hydrogens is 830 g/mol. The Morgan fingerprint density at radius 3 is 1.33 bits per heavy atom. The van der Waals surface area contributed by atoms with Gasteiger partial charge in [-0.3, -0.25) is 23.4 Å². The van der Waals surface area contributed by atoms with Crippen LogP contribution in [0.1, 0.15) is 194 Å². The average molecular weight is 918 g/mol. The van der Waals surface area contributed by atoms with Crippen LogP contribution in [-0.4, -0.2) is 59.9 Å². The van der Waals surface area contributed by atoms with Gasteiger partial charge in [0.1, 0.15) is 12.6 Å². The van der Waals surface area contributed by atoms with E-state index < -0.39 is 51.1 Å². The fourth-order valence-electron chi connectivity index (χ4n) is 6.30. The van der Waals surface area contributed by atoms with E-state index in [2.05, 4.69) is 103 Å². The first-order valence-corrected chi connectivity index (χ1v) is 26.1. The van der Waals surface area contributed by atoms with Crippen LogP contribution in [-0.2, 0) is 37.5 Å². The second kappa shape index (κ2) is 46.2. The molecule has 4 N–H and O–H groups in total. The number of phosphoric acid groups is 1. The Hall–Kier alpha value is -3.34. The summed E-state index contributed by atoms with van der Waals surface area (Å²) in [4.78, 5) is 46.1. The van der Waals surface area contributed by atoms with Crippen molar-refractivity contribution in [2.24, 2.45) is 5.73 Å². The van der Waals surface area contributed by atoms with Gasteiger partial charge in [0.25, 0.3) is 0 Å². The number of hydrogen-bond donors (Lipinski definition) is 3. The van der Waals surface area contributed by atoms with Crippen molar-refractivity contribution < 1.29 is 47.5 Å². The third-order valence-corrected chi connectivity index (χ3v) is 11.1. The number of esters is 2. The molecule has 0 aromatic carbocycles. The molecule has 0 radical (unpaired) electrons. The molecule has 366 valence electrons. The lowest BCUT2D eigenvalue weighted by molar-refractivity contribution is -0.161. The topological polar surface area (TPSA) is 172 Å². The van der Waals surface area contributed by atoms with Crippen LogP contribution >= 0.6 is 7.82 Å². The number of hydrogen-bond acceptors (Lipinski definition) is 9. The van der Waals surface area contributed by atoms with Crippen LogP contribution in [0.15, 0.2) is 85.1 Å². The number of aliphatic carboxylic acids is 1. The van der Waals surface area contributed by atoms with Crippen molar-refractivity contribution in [1.82, 2.24) is 0 Å². The Bertz CT molecular complexity index is 1400. The van der Waals surface area contributed by atoms with Crippen molar-refractivity contribution in [3.8, 4) is 0 Å². The second-order valence-electron chi connectivity index (χ2n) is 16.2. The summed E-state index contributed by atoms with van der Waals surface area (Å²) in [6, 6.07) is -1.53. The Kier molecular flexibility index (Phi) is 43.8. The summed E-state index contributed by atoms with van der Waals surface area (Å²) < 4.78 is 32.8. The average Bonchev–Trinajstić information content (AvgIpc) is 3.27. The number of ether oxygens (including phenoxy) is 2. The van der Waals surface area contributed by atoms with Crippen molar-refractivity contribution in [3.63, 3.8) is 0 Å². The zero-order valence-electron chi connectivity index (χ0n) is 39.8. The fourth-order valence-corrected chi connectivity index (χ4v) is 7.08. The van der Waals surface area contributed by atoms with E-state index in [1.807, 2.05) is 0 Å². The molecule has 0 spiro atoms. The van der Waals surface area contributed by atoms with Gasteiger partial charge in [-0.05, 0) is 89.9 Å².